The van der Waals surface area contributed by atoms with Crippen LogP contribution in [0.4, 0.5) is 11.4 Å². The number of benzene rings is 1. The first kappa shape index (κ1) is 14.7. The van der Waals surface area contributed by atoms with Crippen LogP contribution in [0.25, 0.3) is 0 Å². The van der Waals surface area contributed by atoms with Crippen molar-refractivity contribution in [2.45, 2.75) is 37.3 Å². The maximum Gasteiger partial charge on any atom is 0.246 e. The molecule has 1 aromatic rings. The molecule has 1 saturated heterocycles. The molecule has 1 aromatic carbocycles. The number of thioether (sulfide) groups is 1. The van der Waals surface area contributed by atoms with Crippen LogP contribution < -0.4 is 15.5 Å². The second-order valence-corrected chi connectivity index (χ2v) is 7.80. The van der Waals surface area contributed by atoms with E-state index in [0.717, 1.165) is 30.9 Å². The van der Waals surface area contributed by atoms with Gasteiger partial charge in [-0.25, -0.2) is 0 Å². The Morgan fingerprint density at radius 1 is 1.33 bits per heavy atom. The van der Waals surface area contributed by atoms with E-state index in [1.807, 2.05) is 6.92 Å². The van der Waals surface area contributed by atoms with Crippen molar-refractivity contribution in [2.75, 3.05) is 29.9 Å². The highest BCUT2D eigenvalue weighted by atomic mass is 32.2. The SMILES string of the molecule is CCNC1C(=O)Nc2cc(N3CC(C)SC(C)C3)ccc21. The van der Waals surface area contributed by atoms with Crippen LogP contribution in [0.3, 0.4) is 0 Å². The standard InChI is InChI=1S/C16H23N3OS/c1-4-17-15-13-6-5-12(7-14(13)18-16(15)20)19-8-10(2)21-11(3)9-19/h5-7,10-11,15,17H,4,8-9H2,1-3H3,(H,18,20). The van der Waals surface area contributed by atoms with Gasteiger partial charge in [0.25, 0.3) is 0 Å². The molecule has 3 rings (SSSR count). The molecular weight excluding hydrogens is 282 g/mol. The third-order valence-corrected chi connectivity index (χ3v) is 5.29. The van der Waals surface area contributed by atoms with Gasteiger partial charge in [-0.2, -0.15) is 11.8 Å². The Balaban J connectivity index is 1.84. The summed E-state index contributed by atoms with van der Waals surface area (Å²) in [5, 5.41) is 7.52. The lowest BCUT2D eigenvalue weighted by Gasteiger charge is -2.36. The zero-order valence-corrected chi connectivity index (χ0v) is 13.7. The number of rotatable bonds is 3. The quantitative estimate of drug-likeness (QED) is 0.901. The van der Waals surface area contributed by atoms with E-state index in [-0.39, 0.29) is 11.9 Å². The number of hydrogen-bond acceptors (Lipinski definition) is 4. The number of nitrogens with zero attached hydrogens (tertiary/aromatic N) is 1. The second kappa shape index (κ2) is 5.89. The normalized spacial score (nSPS) is 28.4. The summed E-state index contributed by atoms with van der Waals surface area (Å²) in [5.74, 6) is 0.0555. The van der Waals surface area contributed by atoms with Crippen molar-refractivity contribution in [1.82, 2.24) is 5.32 Å². The zero-order chi connectivity index (χ0) is 15.0. The van der Waals surface area contributed by atoms with Crippen molar-refractivity contribution < 1.29 is 4.79 Å². The minimum Gasteiger partial charge on any atom is -0.369 e. The first-order chi connectivity index (χ1) is 10.1. The van der Waals surface area contributed by atoms with Crippen molar-refractivity contribution in [2.24, 2.45) is 0 Å². The van der Waals surface area contributed by atoms with Crippen molar-refractivity contribution in [3.05, 3.63) is 23.8 Å². The van der Waals surface area contributed by atoms with Crippen LogP contribution in [0.15, 0.2) is 18.2 Å². The molecule has 0 radical (unpaired) electrons. The largest absolute Gasteiger partial charge is 0.369 e. The molecule has 0 spiro atoms. The monoisotopic (exact) mass is 305 g/mol. The smallest absolute Gasteiger partial charge is 0.246 e. The third kappa shape index (κ3) is 2.90. The van der Waals surface area contributed by atoms with Crippen LogP contribution in [-0.4, -0.2) is 36.0 Å². The summed E-state index contributed by atoms with van der Waals surface area (Å²) in [7, 11) is 0. The lowest BCUT2D eigenvalue weighted by molar-refractivity contribution is -0.117. The first-order valence-electron chi connectivity index (χ1n) is 7.67. The first-order valence-corrected chi connectivity index (χ1v) is 8.61. The second-order valence-electron chi connectivity index (χ2n) is 5.91. The minimum atomic E-state index is -0.200. The Hall–Kier alpha value is -1.20. The van der Waals surface area contributed by atoms with Gasteiger partial charge in [0.05, 0.1) is 0 Å². The lowest BCUT2D eigenvalue weighted by Crippen LogP contribution is -2.40. The molecule has 2 heterocycles. The van der Waals surface area contributed by atoms with Crippen LogP contribution in [-0.2, 0) is 4.79 Å². The fourth-order valence-corrected chi connectivity index (χ4v) is 4.57. The molecular formula is C16H23N3OS. The molecule has 0 bridgehead atoms. The summed E-state index contributed by atoms with van der Waals surface area (Å²) in [6, 6.07) is 6.17. The molecule has 4 nitrogen and oxygen atoms in total. The number of fused-ring (bicyclic) bond motifs is 1. The summed E-state index contributed by atoms with van der Waals surface area (Å²) in [4.78, 5) is 14.5. The lowest BCUT2D eigenvalue weighted by atomic mass is 10.1. The molecule has 1 fully saturated rings. The Morgan fingerprint density at radius 3 is 2.71 bits per heavy atom. The fourth-order valence-electron chi connectivity index (χ4n) is 3.24. The maximum atomic E-state index is 12.0. The van der Waals surface area contributed by atoms with Crippen molar-refractivity contribution in [3.8, 4) is 0 Å². The molecule has 1 amide bonds. The Labute approximate surface area is 130 Å². The molecule has 3 atom stereocenters. The van der Waals surface area contributed by atoms with Gasteiger partial charge in [0, 0.05) is 40.5 Å². The van der Waals surface area contributed by atoms with Crippen LogP contribution in [0, 0.1) is 0 Å². The van der Waals surface area contributed by atoms with Gasteiger partial charge in [0.2, 0.25) is 5.91 Å². The van der Waals surface area contributed by atoms with E-state index in [1.54, 1.807) is 0 Å². The van der Waals surface area contributed by atoms with Crippen molar-refractivity contribution >= 4 is 29.0 Å². The number of anilines is 2. The summed E-state index contributed by atoms with van der Waals surface area (Å²) in [6.07, 6.45) is 0. The number of carbonyl (C=O) groups is 1. The maximum absolute atomic E-state index is 12.0. The van der Waals surface area contributed by atoms with E-state index < -0.39 is 0 Å². The van der Waals surface area contributed by atoms with Crippen molar-refractivity contribution in [1.29, 1.82) is 0 Å². The number of hydrogen-bond donors (Lipinski definition) is 2. The topological polar surface area (TPSA) is 44.4 Å². The van der Waals surface area contributed by atoms with E-state index in [4.69, 9.17) is 0 Å². The van der Waals surface area contributed by atoms with Crippen LogP contribution in [0.5, 0.6) is 0 Å². The van der Waals surface area contributed by atoms with Gasteiger partial charge in [-0.15, -0.1) is 0 Å². The highest BCUT2D eigenvalue weighted by Crippen LogP contribution is 2.36. The fraction of sp³-hybridized carbons (Fsp3) is 0.562. The van der Waals surface area contributed by atoms with E-state index in [2.05, 4.69) is 59.3 Å². The van der Waals surface area contributed by atoms with Gasteiger partial charge >= 0.3 is 0 Å². The van der Waals surface area contributed by atoms with Gasteiger partial charge in [-0.05, 0) is 18.7 Å². The van der Waals surface area contributed by atoms with Gasteiger partial charge in [0.1, 0.15) is 6.04 Å². The summed E-state index contributed by atoms with van der Waals surface area (Å²) >= 11 is 2.05. The summed E-state index contributed by atoms with van der Waals surface area (Å²) in [6.45, 7) is 9.51. The predicted octanol–water partition coefficient (Wildman–Crippen LogP) is 2.62. The molecule has 2 aliphatic rings. The molecule has 0 saturated carbocycles. The van der Waals surface area contributed by atoms with E-state index in [1.165, 1.54) is 5.69 Å². The van der Waals surface area contributed by atoms with Gasteiger partial charge in [0.15, 0.2) is 0 Å². The average molecular weight is 305 g/mol. The van der Waals surface area contributed by atoms with Crippen LogP contribution in [0.2, 0.25) is 0 Å². The average Bonchev–Trinajstić information content (AvgIpc) is 2.74. The molecule has 21 heavy (non-hydrogen) atoms. The number of carbonyl (C=O) groups excluding carboxylic acids is 1. The predicted molar refractivity (Wildman–Crippen MR) is 90.2 cm³/mol. The Morgan fingerprint density at radius 2 is 2.05 bits per heavy atom. The highest BCUT2D eigenvalue weighted by Gasteiger charge is 2.31. The van der Waals surface area contributed by atoms with Crippen LogP contribution >= 0.6 is 11.8 Å². The number of amides is 1. The summed E-state index contributed by atoms with van der Waals surface area (Å²) in [5.41, 5.74) is 3.24. The van der Waals surface area contributed by atoms with Gasteiger partial charge < -0.3 is 15.5 Å². The number of nitrogens with one attached hydrogen (secondary N) is 2. The molecule has 5 heteroatoms. The molecule has 3 unspecified atom stereocenters. The van der Waals surface area contributed by atoms with Crippen LogP contribution in [0.1, 0.15) is 32.4 Å². The van der Waals surface area contributed by atoms with Gasteiger partial charge in [-0.3, -0.25) is 4.79 Å². The molecule has 2 N–H and O–H groups in total. The Kier molecular flexibility index (Phi) is 4.13. The van der Waals surface area contributed by atoms with E-state index >= 15 is 0 Å². The van der Waals surface area contributed by atoms with Gasteiger partial charge in [-0.1, -0.05) is 26.8 Å². The molecule has 0 aromatic heterocycles. The molecule has 2 aliphatic heterocycles. The molecule has 114 valence electrons. The highest BCUT2D eigenvalue weighted by molar-refractivity contribution is 8.00. The third-order valence-electron chi connectivity index (χ3n) is 4.06. The Bertz CT molecular complexity index is 538. The summed E-state index contributed by atoms with van der Waals surface area (Å²) < 4.78 is 0. The number of likely N-dealkylation sites (N-methyl/N-ethyl adjacent to an activating group) is 1. The zero-order valence-electron chi connectivity index (χ0n) is 12.8. The van der Waals surface area contributed by atoms with Crippen molar-refractivity contribution in [3.63, 3.8) is 0 Å². The van der Waals surface area contributed by atoms with E-state index in [9.17, 15) is 4.79 Å². The molecule has 0 aliphatic carbocycles. The minimum absolute atomic E-state index is 0.0555. The van der Waals surface area contributed by atoms with E-state index in [0.29, 0.717) is 10.5 Å².